The molecule has 0 aliphatic carbocycles. The SMILES string of the molecule is C/C=C(\C=C(C)/C(=C\C)CNC)/C=C/C.C=CNO.CC.CCCc1c[nH]c2ccccc12.COC. The van der Waals surface area contributed by atoms with Gasteiger partial charge in [0.1, 0.15) is 0 Å². The van der Waals surface area contributed by atoms with Gasteiger partial charge < -0.3 is 15.0 Å². The molecule has 2 aromatic rings. The first-order valence-corrected chi connectivity index (χ1v) is 12.7. The molecule has 0 amide bonds. The molecule has 36 heavy (non-hydrogen) atoms. The topological polar surface area (TPSA) is 69.3 Å². The molecule has 2 rings (SSSR count). The van der Waals surface area contributed by atoms with Crippen LogP contribution in [0.5, 0.6) is 0 Å². The van der Waals surface area contributed by atoms with Crippen LogP contribution in [-0.2, 0) is 11.2 Å². The van der Waals surface area contributed by atoms with Gasteiger partial charge in [0.2, 0.25) is 0 Å². The number of nitrogens with one attached hydrogen (secondary N) is 3. The van der Waals surface area contributed by atoms with Gasteiger partial charge in [-0.1, -0.05) is 82.4 Å². The van der Waals surface area contributed by atoms with Crippen molar-refractivity contribution in [3.63, 3.8) is 0 Å². The Balaban J connectivity index is -0.000000459. The molecule has 0 spiro atoms. The van der Waals surface area contributed by atoms with Gasteiger partial charge in [0.05, 0.1) is 0 Å². The molecule has 1 aromatic heterocycles. The van der Waals surface area contributed by atoms with Crippen LogP contribution < -0.4 is 10.8 Å². The van der Waals surface area contributed by atoms with Crippen LogP contribution in [0.15, 0.2) is 90.3 Å². The van der Waals surface area contributed by atoms with Gasteiger partial charge in [0.15, 0.2) is 0 Å². The Bertz CT molecular complexity index is 890. The third-order valence-electron chi connectivity index (χ3n) is 4.58. The average Bonchev–Trinajstić information content (AvgIpc) is 3.32. The highest BCUT2D eigenvalue weighted by molar-refractivity contribution is 5.82. The number of H-pyrrole nitrogens is 1. The Morgan fingerprint density at radius 2 is 1.69 bits per heavy atom. The molecule has 0 bridgehead atoms. The van der Waals surface area contributed by atoms with Gasteiger partial charge in [-0.15, -0.1) is 0 Å². The van der Waals surface area contributed by atoms with Gasteiger partial charge in [-0.3, -0.25) is 10.7 Å². The third-order valence-corrected chi connectivity index (χ3v) is 4.58. The molecule has 5 nitrogen and oxygen atoms in total. The lowest BCUT2D eigenvalue weighted by Gasteiger charge is -2.07. The van der Waals surface area contributed by atoms with E-state index in [1.165, 1.54) is 52.2 Å². The predicted molar refractivity (Wildman–Crippen MR) is 162 cm³/mol. The summed E-state index contributed by atoms with van der Waals surface area (Å²) in [6, 6.07) is 8.45. The van der Waals surface area contributed by atoms with Crippen molar-refractivity contribution >= 4 is 10.9 Å². The van der Waals surface area contributed by atoms with Crippen molar-refractivity contribution in [3.05, 3.63) is 95.9 Å². The zero-order chi connectivity index (χ0) is 28.2. The molecule has 0 fully saturated rings. The molecule has 0 saturated heterocycles. The fourth-order valence-corrected chi connectivity index (χ4v) is 3.03. The van der Waals surface area contributed by atoms with Crippen LogP contribution in [0, 0.1) is 0 Å². The number of allylic oxidation sites excluding steroid dienone is 6. The van der Waals surface area contributed by atoms with Crippen LogP contribution in [0.4, 0.5) is 0 Å². The molecule has 0 atom stereocenters. The van der Waals surface area contributed by atoms with Crippen molar-refractivity contribution in [1.82, 2.24) is 15.8 Å². The lowest BCUT2D eigenvalue weighted by Crippen LogP contribution is -2.11. The van der Waals surface area contributed by atoms with E-state index in [2.05, 4.69) is 110 Å². The molecule has 1 aromatic carbocycles. The molecule has 0 radical (unpaired) electrons. The summed E-state index contributed by atoms with van der Waals surface area (Å²) in [7, 11) is 5.22. The van der Waals surface area contributed by atoms with E-state index in [0.29, 0.717) is 0 Å². The highest BCUT2D eigenvalue weighted by atomic mass is 16.5. The lowest BCUT2D eigenvalue weighted by molar-refractivity contribution is 0.215. The van der Waals surface area contributed by atoms with Crippen molar-refractivity contribution in [2.24, 2.45) is 0 Å². The minimum absolute atomic E-state index is 0.922. The lowest BCUT2D eigenvalue weighted by atomic mass is 10.0. The van der Waals surface area contributed by atoms with Crippen LogP contribution in [0.1, 0.15) is 60.5 Å². The van der Waals surface area contributed by atoms with Gasteiger partial charge in [-0.2, -0.15) is 0 Å². The van der Waals surface area contributed by atoms with E-state index in [1.807, 2.05) is 27.8 Å². The molecule has 5 heteroatoms. The quantitative estimate of drug-likeness (QED) is 0.218. The van der Waals surface area contributed by atoms with Gasteiger partial charge in [-0.25, -0.2) is 0 Å². The van der Waals surface area contributed by atoms with E-state index >= 15 is 0 Å². The van der Waals surface area contributed by atoms with Crippen molar-refractivity contribution in [2.45, 2.75) is 61.3 Å². The number of aryl methyl sites for hydroxylation is 1. The molecular formula is C31H53N3O2. The number of methoxy groups -OCH3 is 1. The summed E-state index contributed by atoms with van der Waals surface area (Å²) in [5.74, 6) is 0. The summed E-state index contributed by atoms with van der Waals surface area (Å²) in [5.41, 5.74) is 8.30. The Morgan fingerprint density at radius 1 is 1.11 bits per heavy atom. The number of hydrogen-bond donors (Lipinski definition) is 4. The first kappa shape index (κ1) is 37.7. The summed E-state index contributed by atoms with van der Waals surface area (Å²) in [5, 5.41) is 12.1. The maximum atomic E-state index is 7.51. The molecule has 0 aliphatic rings. The standard InChI is InChI=1S/C14H23N.C11H13N.C2H5NO.C2H6O.C2H6/c1-6-9-13(7-2)10-12(4)14(8-3)11-15-5;1-2-5-9-8-12-11-7-4-3-6-10(9)11;1-2-3-4;1-3-2;1-2/h6-10,15H,11H2,1-5H3;3-4,6-8,12H,2,5H2,1H3;2-4H,1H2;1-2H3;1-2H3/b9-6+,12-10-,13-7-,14-8-;;;;. The fraction of sp³-hybridized carbons (Fsp3) is 0.419. The minimum Gasteiger partial charge on any atom is -0.388 e. The third kappa shape index (κ3) is 18.5. The number of hydrogen-bond acceptors (Lipinski definition) is 4. The maximum absolute atomic E-state index is 7.51. The Labute approximate surface area is 221 Å². The molecule has 0 unspecified atom stereocenters. The summed E-state index contributed by atoms with van der Waals surface area (Å²) >= 11 is 0. The average molecular weight is 500 g/mol. The second-order valence-corrected chi connectivity index (χ2v) is 7.31. The zero-order valence-electron chi connectivity index (χ0n) is 24.5. The van der Waals surface area contributed by atoms with E-state index in [9.17, 15) is 0 Å². The Kier molecular flexibility index (Phi) is 29.7. The van der Waals surface area contributed by atoms with E-state index in [4.69, 9.17) is 5.21 Å². The van der Waals surface area contributed by atoms with Gasteiger partial charge in [-0.05, 0) is 69.5 Å². The number of likely N-dealkylation sites (N-methyl/N-ethyl adjacent to an activating group) is 1. The predicted octanol–water partition coefficient (Wildman–Crippen LogP) is 8.14. The fourth-order valence-electron chi connectivity index (χ4n) is 3.03. The summed E-state index contributed by atoms with van der Waals surface area (Å²) in [4.78, 5) is 3.27. The van der Waals surface area contributed by atoms with Crippen LogP contribution in [-0.4, -0.2) is 38.0 Å². The van der Waals surface area contributed by atoms with Gasteiger partial charge >= 0.3 is 0 Å². The summed E-state index contributed by atoms with van der Waals surface area (Å²) < 4.78 is 4.25. The van der Waals surface area contributed by atoms with E-state index in [-0.39, 0.29) is 0 Å². The van der Waals surface area contributed by atoms with Crippen LogP contribution >= 0.6 is 0 Å². The number of fused-ring (bicyclic) bond motifs is 1. The van der Waals surface area contributed by atoms with Crippen LogP contribution in [0.2, 0.25) is 0 Å². The zero-order valence-corrected chi connectivity index (χ0v) is 24.5. The highest BCUT2D eigenvalue weighted by Gasteiger charge is 2.00. The summed E-state index contributed by atoms with van der Waals surface area (Å²) in [6.45, 7) is 18.6. The number of hydroxylamine groups is 1. The molecule has 0 saturated carbocycles. The van der Waals surface area contributed by atoms with Gasteiger partial charge in [0.25, 0.3) is 0 Å². The molecule has 4 N–H and O–H groups in total. The van der Waals surface area contributed by atoms with Crippen LogP contribution in [0.3, 0.4) is 0 Å². The largest absolute Gasteiger partial charge is 0.388 e. The maximum Gasteiger partial charge on any atom is 0.0456 e. The first-order chi connectivity index (χ1) is 17.4. The normalized spacial score (nSPS) is 11.1. The number of aromatic nitrogens is 1. The number of aromatic amines is 1. The Morgan fingerprint density at radius 3 is 2.14 bits per heavy atom. The number of para-hydroxylation sites is 1. The smallest absolute Gasteiger partial charge is 0.0456 e. The van der Waals surface area contributed by atoms with Crippen molar-refractivity contribution in [3.8, 4) is 0 Å². The van der Waals surface area contributed by atoms with Crippen molar-refractivity contribution in [1.29, 1.82) is 0 Å². The number of ether oxygens (including phenoxy) is 1. The van der Waals surface area contributed by atoms with Crippen molar-refractivity contribution in [2.75, 3.05) is 27.8 Å². The second-order valence-electron chi connectivity index (χ2n) is 7.31. The summed E-state index contributed by atoms with van der Waals surface area (Å²) in [6.07, 6.45) is 16.4. The molecular weight excluding hydrogens is 446 g/mol. The second kappa shape index (κ2) is 28.4. The molecule has 0 aliphatic heterocycles. The monoisotopic (exact) mass is 499 g/mol. The Hall–Kier alpha value is -2.86. The number of benzene rings is 1. The van der Waals surface area contributed by atoms with E-state index in [0.717, 1.165) is 6.54 Å². The molecule has 204 valence electrons. The van der Waals surface area contributed by atoms with Crippen molar-refractivity contribution < 1.29 is 9.94 Å². The van der Waals surface area contributed by atoms with E-state index < -0.39 is 0 Å². The van der Waals surface area contributed by atoms with E-state index in [1.54, 1.807) is 19.7 Å². The number of rotatable bonds is 8. The molecule has 1 heterocycles. The van der Waals surface area contributed by atoms with Crippen LogP contribution in [0.25, 0.3) is 10.9 Å². The minimum atomic E-state index is 0.922. The van der Waals surface area contributed by atoms with Gasteiger partial charge in [0, 0.05) is 44.1 Å². The highest BCUT2D eigenvalue weighted by Crippen LogP contribution is 2.18. The first-order valence-electron chi connectivity index (χ1n) is 12.7.